The lowest BCUT2D eigenvalue weighted by molar-refractivity contribution is -0.127. The lowest BCUT2D eigenvalue weighted by atomic mass is 10.0. The van der Waals surface area contributed by atoms with Crippen LogP contribution in [0.4, 0.5) is 4.79 Å². The summed E-state index contributed by atoms with van der Waals surface area (Å²) in [5.74, 6) is -0.440. The molecule has 0 radical (unpaired) electrons. The molecule has 194 valence electrons. The van der Waals surface area contributed by atoms with Crippen molar-refractivity contribution in [1.82, 2.24) is 16.0 Å². The molecule has 0 saturated carbocycles. The molecule has 0 bridgehead atoms. The highest BCUT2D eigenvalue weighted by Crippen LogP contribution is 2.16. The van der Waals surface area contributed by atoms with Crippen molar-refractivity contribution in [3.05, 3.63) is 35.9 Å². The standard InChI is InChI=1S/C27H41N3O5/c1-20(2)18-24-26(33)29-22(19-31)15-16-25(32)28-17-8-4-7-13-23(35-27(34)30-24)14-9-12-21-10-5-3-6-11-21/h3,5-6,10-11,19-20,22-24H,4,7-9,12-18H2,1-2H3,(H,28,32)(H,29,33)(H,30,34)/t22-,23?,24-/m0/s1. The molecule has 8 heteroatoms. The monoisotopic (exact) mass is 487 g/mol. The van der Waals surface area contributed by atoms with Gasteiger partial charge in [-0.1, -0.05) is 50.6 Å². The van der Waals surface area contributed by atoms with Gasteiger partial charge in [0.2, 0.25) is 11.8 Å². The van der Waals surface area contributed by atoms with E-state index in [1.807, 2.05) is 32.0 Å². The van der Waals surface area contributed by atoms with Crippen molar-refractivity contribution >= 4 is 24.2 Å². The van der Waals surface area contributed by atoms with Crippen LogP contribution in [0.3, 0.4) is 0 Å². The number of aldehydes is 1. The van der Waals surface area contributed by atoms with Crippen molar-refractivity contribution in [3.8, 4) is 0 Å². The van der Waals surface area contributed by atoms with Crippen LogP contribution < -0.4 is 16.0 Å². The lowest BCUT2D eigenvalue weighted by Gasteiger charge is -2.24. The van der Waals surface area contributed by atoms with Crippen molar-refractivity contribution in [2.75, 3.05) is 6.54 Å². The number of benzene rings is 1. The maximum absolute atomic E-state index is 12.9. The van der Waals surface area contributed by atoms with Crippen LogP contribution in [0.5, 0.6) is 0 Å². The fourth-order valence-electron chi connectivity index (χ4n) is 4.21. The molecule has 0 aromatic heterocycles. The predicted molar refractivity (Wildman–Crippen MR) is 135 cm³/mol. The minimum atomic E-state index is -0.820. The van der Waals surface area contributed by atoms with Crippen LogP contribution in [0, 0.1) is 5.92 Å². The van der Waals surface area contributed by atoms with Gasteiger partial charge in [0.15, 0.2) is 0 Å². The molecule has 3 amide bonds. The maximum Gasteiger partial charge on any atom is 0.408 e. The first kappa shape index (κ1) is 28.3. The van der Waals surface area contributed by atoms with E-state index in [9.17, 15) is 19.2 Å². The molecule has 1 fully saturated rings. The molecule has 8 nitrogen and oxygen atoms in total. The lowest BCUT2D eigenvalue weighted by Crippen LogP contribution is -2.51. The molecule has 2 rings (SSSR count). The first-order valence-electron chi connectivity index (χ1n) is 12.9. The number of carbonyl (C=O) groups is 4. The highest BCUT2D eigenvalue weighted by atomic mass is 16.6. The molecule has 0 aliphatic carbocycles. The molecule has 1 aliphatic heterocycles. The van der Waals surface area contributed by atoms with E-state index in [-0.39, 0.29) is 30.8 Å². The summed E-state index contributed by atoms with van der Waals surface area (Å²) in [6, 6.07) is 8.59. The van der Waals surface area contributed by atoms with Crippen molar-refractivity contribution in [3.63, 3.8) is 0 Å². The minimum absolute atomic E-state index is 0.135. The Hall–Kier alpha value is -2.90. The molecule has 1 aromatic carbocycles. The Bertz CT molecular complexity index is 799. The molecule has 3 atom stereocenters. The summed E-state index contributed by atoms with van der Waals surface area (Å²) in [5.41, 5.74) is 1.25. The van der Waals surface area contributed by atoms with Gasteiger partial charge in [0.1, 0.15) is 18.4 Å². The first-order chi connectivity index (χ1) is 16.9. The van der Waals surface area contributed by atoms with Gasteiger partial charge in [-0.3, -0.25) is 9.59 Å². The smallest absolute Gasteiger partial charge is 0.408 e. The van der Waals surface area contributed by atoms with E-state index in [1.54, 1.807) is 0 Å². The van der Waals surface area contributed by atoms with Gasteiger partial charge in [-0.05, 0) is 62.8 Å². The van der Waals surface area contributed by atoms with Crippen LogP contribution >= 0.6 is 0 Å². The zero-order valence-electron chi connectivity index (χ0n) is 21.1. The largest absolute Gasteiger partial charge is 0.446 e. The number of ether oxygens (including phenoxy) is 1. The summed E-state index contributed by atoms with van der Waals surface area (Å²) in [6.45, 7) is 4.47. The Morgan fingerprint density at radius 2 is 1.80 bits per heavy atom. The molecular formula is C27H41N3O5. The van der Waals surface area contributed by atoms with Gasteiger partial charge in [0.05, 0.1) is 6.04 Å². The number of alkyl carbamates (subject to hydrolysis) is 1. The number of amides is 3. The van der Waals surface area contributed by atoms with Gasteiger partial charge in [-0.25, -0.2) is 4.79 Å². The molecule has 1 aromatic rings. The zero-order chi connectivity index (χ0) is 25.5. The molecule has 1 heterocycles. The molecule has 3 N–H and O–H groups in total. The number of hydrogen-bond donors (Lipinski definition) is 3. The average Bonchev–Trinajstić information content (AvgIpc) is 2.83. The van der Waals surface area contributed by atoms with E-state index in [0.29, 0.717) is 19.3 Å². The van der Waals surface area contributed by atoms with Gasteiger partial charge >= 0.3 is 6.09 Å². The van der Waals surface area contributed by atoms with E-state index in [2.05, 4.69) is 28.1 Å². The second-order valence-corrected chi connectivity index (χ2v) is 9.72. The summed E-state index contributed by atoms with van der Waals surface area (Å²) in [6.07, 6.45) is 6.40. The number of hydrogen-bond acceptors (Lipinski definition) is 5. The second-order valence-electron chi connectivity index (χ2n) is 9.72. The second kappa shape index (κ2) is 15.9. The molecule has 1 saturated heterocycles. The van der Waals surface area contributed by atoms with Crippen molar-refractivity contribution in [2.45, 2.75) is 96.2 Å². The highest BCUT2D eigenvalue weighted by Gasteiger charge is 2.26. The van der Waals surface area contributed by atoms with E-state index < -0.39 is 24.1 Å². The normalized spacial score (nSPS) is 23.4. The maximum atomic E-state index is 12.9. The van der Waals surface area contributed by atoms with E-state index >= 15 is 0 Å². The number of carbonyl (C=O) groups excluding carboxylic acids is 4. The Morgan fingerprint density at radius 1 is 1.03 bits per heavy atom. The Labute approximate surface area is 208 Å². The Kier molecular flexibility index (Phi) is 12.9. The molecule has 0 spiro atoms. The number of cyclic esters (lactones) is 1. The third-order valence-corrected chi connectivity index (χ3v) is 6.12. The number of aryl methyl sites for hydroxylation is 1. The van der Waals surface area contributed by atoms with Gasteiger partial charge in [0, 0.05) is 13.0 Å². The summed E-state index contributed by atoms with van der Waals surface area (Å²) >= 11 is 0. The fourth-order valence-corrected chi connectivity index (χ4v) is 4.21. The first-order valence-corrected chi connectivity index (χ1v) is 12.9. The minimum Gasteiger partial charge on any atom is -0.446 e. The van der Waals surface area contributed by atoms with Crippen LogP contribution in [0.15, 0.2) is 30.3 Å². The highest BCUT2D eigenvalue weighted by molar-refractivity contribution is 5.87. The fraction of sp³-hybridized carbons (Fsp3) is 0.630. The molecule has 1 aliphatic rings. The van der Waals surface area contributed by atoms with Gasteiger partial charge in [-0.2, -0.15) is 0 Å². The van der Waals surface area contributed by atoms with Crippen molar-refractivity contribution in [2.24, 2.45) is 5.92 Å². The number of rotatable bonds is 7. The van der Waals surface area contributed by atoms with Crippen LogP contribution in [0.2, 0.25) is 0 Å². The third kappa shape index (κ3) is 11.9. The van der Waals surface area contributed by atoms with Gasteiger partial charge < -0.3 is 25.5 Å². The quantitative estimate of drug-likeness (QED) is 0.508. The zero-order valence-corrected chi connectivity index (χ0v) is 21.1. The predicted octanol–water partition coefficient (Wildman–Crippen LogP) is 3.67. The Morgan fingerprint density at radius 3 is 2.51 bits per heavy atom. The van der Waals surface area contributed by atoms with Crippen LogP contribution in [0.1, 0.15) is 77.2 Å². The molecule has 35 heavy (non-hydrogen) atoms. The summed E-state index contributed by atoms with van der Waals surface area (Å²) in [7, 11) is 0. The van der Waals surface area contributed by atoms with Crippen LogP contribution in [-0.4, -0.2) is 48.9 Å². The summed E-state index contributed by atoms with van der Waals surface area (Å²) < 4.78 is 5.77. The molecule has 1 unspecified atom stereocenters. The summed E-state index contributed by atoms with van der Waals surface area (Å²) in [5, 5.41) is 8.25. The SMILES string of the molecule is CC(C)C[C@@H]1NC(=O)OC(CCCc2ccccc2)CCCCCNC(=O)CC[C@@H](C=O)NC1=O. The number of nitrogens with one attached hydrogen (secondary N) is 3. The third-order valence-electron chi connectivity index (χ3n) is 6.12. The summed E-state index contributed by atoms with van der Waals surface area (Å²) in [4.78, 5) is 49.2. The average molecular weight is 488 g/mol. The van der Waals surface area contributed by atoms with Crippen LogP contribution in [0.25, 0.3) is 0 Å². The topological polar surface area (TPSA) is 114 Å². The van der Waals surface area contributed by atoms with E-state index in [1.165, 1.54) is 5.56 Å². The van der Waals surface area contributed by atoms with E-state index in [4.69, 9.17) is 4.74 Å². The van der Waals surface area contributed by atoms with Gasteiger partial charge in [0.25, 0.3) is 0 Å². The van der Waals surface area contributed by atoms with Crippen LogP contribution in [-0.2, 0) is 25.5 Å². The van der Waals surface area contributed by atoms with Crippen molar-refractivity contribution in [1.29, 1.82) is 0 Å². The van der Waals surface area contributed by atoms with Crippen molar-refractivity contribution < 1.29 is 23.9 Å². The molecular weight excluding hydrogens is 446 g/mol. The van der Waals surface area contributed by atoms with Gasteiger partial charge in [-0.15, -0.1) is 0 Å². The Balaban J connectivity index is 2.06. The van der Waals surface area contributed by atoms with E-state index in [0.717, 1.165) is 44.9 Å².